The zero-order valence-electron chi connectivity index (χ0n) is 23.4. The van der Waals surface area contributed by atoms with Crippen molar-refractivity contribution in [2.24, 2.45) is 5.16 Å². The highest BCUT2D eigenvalue weighted by atomic mass is 32.2. The van der Waals surface area contributed by atoms with Gasteiger partial charge in [0.25, 0.3) is 0 Å². The summed E-state index contributed by atoms with van der Waals surface area (Å²) in [6.07, 6.45) is 6.27. The number of nitrogens with zero attached hydrogens (tertiary/aromatic N) is 1. The largest absolute Gasteiger partial charge is 0.460 e. The number of hydrogen-bond acceptors (Lipinski definition) is 10. The summed E-state index contributed by atoms with van der Waals surface area (Å²) >= 11 is 1.41. The first kappa shape index (κ1) is 32.4. The van der Waals surface area contributed by atoms with Gasteiger partial charge in [-0.1, -0.05) is 61.0 Å². The van der Waals surface area contributed by atoms with Gasteiger partial charge in [-0.05, 0) is 54.8 Å². The van der Waals surface area contributed by atoms with Gasteiger partial charge in [0.15, 0.2) is 5.78 Å². The van der Waals surface area contributed by atoms with Crippen LogP contribution in [0.5, 0.6) is 0 Å². The SMILES string of the molecule is C=CCC(=O)O/N=C(\CCOC(=O)C(C)=O)C(=O)c1ccc(Sc2ccc(C(=O)C3(O)CCCCC3)cc2C=C)cc1. The van der Waals surface area contributed by atoms with Gasteiger partial charge < -0.3 is 14.7 Å². The molecule has 0 amide bonds. The zero-order chi connectivity index (χ0) is 30.7. The van der Waals surface area contributed by atoms with Crippen LogP contribution in [0.4, 0.5) is 0 Å². The van der Waals surface area contributed by atoms with E-state index in [4.69, 9.17) is 9.57 Å². The number of benzene rings is 2. The van der Waals surface area contributed by atoms with Crippen molar-refractivity contribution in [1.29, 1.82) is 0 Å². The maximum atomic E-state index is 13.1. The van der Waals surface area contributed by atoms with Crippen molar-refractivity contribution in [2.45, 2.75) is 67.3 Å². The first-order valence-corrected chi connectivity index (χ1v) is 14.3. The highest BCUT2D eigenvalue weighted by molar-refractivity contribution is 7.99. The van der Waals surface area contributed by atoms with Gasteiger partial charge in [-0.3, -0.25) is 14.4 Å². The van der Waals surface area contributed by atoms with Gasteiger partial charge in [0.1, 0.15) is 11.3 Å². The van der Waals surface area contributed by atoms with Crippen molar-refractivity contribution < 1.29 is 38.7 Å². The topological polar surface area (TPSA) is 136 Å². The Balaban J connectivity index is 1.74. The molecular weight excluding hydrogens is 558 g/mol. The fraction of sp³-hybridized carbons (Fsp3) is 0.312. The van der Waals surface area contributed by atoms with E-state index in [0.717, 1.165) is 41.5 Å². The highest BCUT2D eigenvalue weighted by Crippen LogP contribution is 2.35. The number of rotatable bonds is 14. The zero-order valence-corrected chi connectivity index (χ0v) is 24.2. The first-order chi connectivity index (χ1) is 20.1. The molecule has 220 valence electrons. The third-order valence-corrected chi connectivity index (χ3v) is 7.73. The molecule has 1 N–H and O–H groups in total. The van der Waals surface area contributed by atoms with Gasteiger partial charge in [-0.15, -0.1) is 6.58 Å². The van der Waals surface area contributed by atoms with Crippen LogP contribution in [0, 0.1) is 0 Å². The van der Waals surface area contributed by atoms with Crippen LogP contribution in [0.15, 0.2) is 76.6 Å². The van der Waals surface area contributed by atoms with Crippen LogP contribution in [-0.2, 0) is 24.0 Å². The summed E-state index contributed by atoms with van der Waals surface area (Å²) in [6.45, 7) is 8.06. The average molecular weight is 592 g/mol. The summed E-state index contributed by atoms with van der Waals surface area (Å²) in [5.74, 6) is -3.37. The fourth-order valence-corrected chi connectivity index (χ4v) is 5.27. The lowest BCUT2D eigenvalue weighted by atomic mass is 9.79. The van der Waals surface area contributed by atoms with E-state index in [1.54, 1.807) is 42.5 Å². The van der Waals surface area contributed by atoms with E-state index in [9.17, 15) is 29.1 Å². The van der Waals surface area contributed by atoms with E-state index in [0.29, 0.717) is 18.4 Å². The third kappa shape index (κ3) is 8.67. The number of carbonyl (C=O) groups excluding carboxylic acids is 5. The lowest BCUT2D eigenvalue weighted by Crippen LogP contribution is -2.40. The van der Waals surface area contributed by atoms with Crippen molar-refractivity contribution in [1.82, 2.24) is 0 Å². The molecular formula is C32H33NO8S. The van der Waals surface area contributed by atoms with Crippen molar-refractivity contribution >= 4 is 52.8 Å². The summed E-state index contributed by atoms with van der Waals surface area (Å²) in [6, 6.07) is 11.9. The summed E-state index contributed by atoms with van der Waals surface area (Å²) < 4.78 is 4.82. The van der Waals surface area contributed by atoms with E-state index in [-0.39, 0.29) is 36.5 Å². The number of ketones is 3. The van der Waals surface area contributed by atoms with Crippen LogP contribution < -0.4 is 0 Å². The molecule has 0 atom stereocenters. The van der Waals surface area contributed by atoms with E-state index in [2.05, 4.69) is 18.3 Å². The minimum atomic E-state index is -1.32. The number of hydrogen-bond donors (Lipinski definition) is 1. The van der Waals surface area contributed by atoms with Crippen LogP contribution in [0.3, 0.4) is 0 Å². The van der Waals surface area contributed by atoms with Crippen LogP contribution in [-0.4, -0.2) is 52.3 Å². The first-order valence-electron chi connectivity index (χ1n) is 13.5. The van der Waals surface area contributed by atoms with Crippen LogP contribution in [0.25, 0.3) is 6.08 Å². The Morgan fingerprint density at radius 1 is 1.00 bits per heavy atom. The molecule has 2 aromatic rings. The van der Waals surface area contributed by atoms with Crippen molar-refractivity contribution in [3.63, 3.8) is 0 Å². The number of aliphatic hydroxyl groups is 1. The normalized spacial score (nSPS) is 14.4. The number of Topliss-reactive ketones (excluding diaryl/α,β-unsaturated/α-hetero) is 3. The standard InChI is InChI=1S/C32H33NO8S/c1-4-9-28(35)41-33-26(16-19-40-31(38)21(3)34)29(36)23-10-13-25(14-11-23)42-27-15-12-24(20-22(27)5-2)30(37)32(39)17-7-6-8-18-32/h4-5,10-15,20,39H,1-2,6-9,16-19H2,3H3/b33-26+. The summed E-state index contributed by atoms with van der Waals surface area (Å²) in [5, 5.41) is 14.5. The van der Waals surface area contributed by atoms with E-state index >= 15 is 0 Å². The summed E-state index contributed by atoms with van der Waals surface area (Å²) in [4.78, 5) is 66.9. The summed E-state index contributed by atoms with van der Waals surface area (Å²) in [5.41, 5.74) is -0.0654. The Morgan fingerprint density at radius 2 is 1.67 bits per heavy atom. The predicted molar refractivity (Wildman–Crippen MR) is 158 cm³/mol. The Labute approximate surface area is 248 Å². The average Bonchev–Trinajstić information content (AvgIpc) is 2.99. The van der Waals surface area contributed by atoms with Crippen LogP contribution in [0.2, 0.25) is 0 Å². The minimum Gasteiger partial charge on any atom is -0.460 e. The number of carbonyl (C=O) groups is 5. The van der Waals surface area contributed by atoms with E-state index in [1.165, 1.54) is 17.8 Å². The number of oxime groups is 1. The molecule has 0 bridgehead atoms. The third-order valence-electron chi connectivity index (χ3n) is 6.63. The molecule has 1 aliphatic carbocycles. The molecule has 0 unspecified atom stereocenters. The molecule has 42 heavy (non-hydrogen) atoms. The molecule has 0 spiro atoms. The second-order valence-corrected chi connectivity index (χ2v) is 10.9. The number of esters is 1. The Hall–Kier alpha value is -4.15. The van der Waals surface area contributed by atoms with Crippen LogP contribution >= 0.6 is 11.8 Å². The van der Waals surface area contributed by atoms with Gasteiger partial charge in [0.2, 0.25) is 11.6 Å². The highest BCUT2D eigenvalue weighted by Gasteiger charge is 2.37. The van der Waals surface area contributed by atoms with Gasteiger partial charge in [0, 0.05) is 34.3 Å². The molecule has 1 fully saturated rings. The summed E-state index contributed by atoms with van der Waals surface area (Å²) in [7, 11) is 0. The van der Waals surface area contributed by atoms with Gasteiger partial charge in [-0.2, -0.15) is 0 Å². The van der Waals surface area contributed by atoms with E-state index < -0.39 is 29.1 Å². The second-order valence-electron chi connectivity index (χ2n) is 9.77. The second kappa shape index (κ2) is 15.2. The van der Waals surface area contributed by atoms with Crippen molar-refractivity contribution in [3.8, 4) is 0 Å². The van der Waals surface area contributed by atoms with Crippen molar-refractivity contribution in [2.75, 3.05) is 6.61 Å². The molecule has 0 radical (unpaired) electrons. The predicted octanol–water partition coefficient (Wildman–Crippen LogP) is 5.54. The molecule has 9 nitrogen and oxygen atoms in total. The number of ether oxygens (including phenoxy) is 1. The Bertz CT molecular complexity index is 1400. The molecule has 1 saturated carbocycles. The Kier molecular flexibility index (Phi) is 11.7. The molecule has 0 heterocycles. The molecule has 3 rings (SSSR count). The molecule has 2 aromatic carbocycles. The van der Waals surface area contributed by atoms with E-state index in [1.807, 2.05) is 6.07 Å². The fourth-order valence-electron chi connectivity index (χ4n) is 4.35. The molecule has 0 aromatic heterocycles. The Morgan fingerprint density at radius 3 is 2.29 bits per heavy atom. The maximum absolute atomic E-state index is 13.1. The lowest BCUT2D eigenvalue weighted by Gasteiger charge is -2.30. The van der Waals surface area contributed by atoms with Gasteiger partial charge >= 0.3 is 11.9 Å². The monoisotopic (exact) mass is 591 g/mol. The maximum Gasteiger partial charge on any atom is 0.374 e. The molecule has 1 aliphatic rings. The molecule has 0 saturated heterocycles. The minimum absolute atomic E-state index is 0.112. The van der Waals surface area contributed by atoms with Gasteiger partial charge in [-0.25, -0.2) is 9.59 Å². The lowest BCUT2D eigenvalue weighted by molar-refractivity contribution is -0.152. The van der Waals surface area contributed by atoms with Crippen molar-refractivity contribution in [3.05, 3.63) is 78.4 Å². The van der Waals surface area contributed by atoms with Crippen LogP contribution in [0.1, 0.15) is 78.1 Å². The molecule has 10 heteroatoms. The van der Waals surface area contributed by atoms with Gasteiger partial charge in [0.05, 0.1) is 13.0 Å². The smallest absolute Gasteiger partial charge is 0.374 e. The molecule has 0 aliphatic heterocycles. The quantitative estimate of drug-likeness (QED) is 0.0571.